The number of fused-ring (bicyclic) bond motifs is 1. The number of hydrogen-bond acceptors (Lipinski definition) is 2. The number of aryl methyl sites for hydroxylation is 1. The van der Waals surface area contributed by atoms with Gasteiger partial charge in [-0.3, -0.25) is 4.79 Å². The summed E-state index contributed by atoms with van der Waals surface area (Å²) in [5.74, 6) is 0.268. The topological polar surface area (TPSA) is 31.2 Å². The Bertz CT molecular complexity index is 613. The van der Waals surface area contributed by atoms with E-state index in [4.69, 9.17) is 4.74 Å². The molecule has 0 radical (unpaired) electrons. The number of Topliss-reactive ketones (excluding diaryl/α,β-unsaturated/α-hetero) is 1. The van der Waals surface area contributed by atoms with Crippen molar-refractivity contribution in [1.82, 2.24) is 4.57 Å². The lowest BCUT2D eigenvalue weighted by molar-refractivity contribution is 0.0960. The van der Waals surface area contributed by atoms with Gasteiger partial charge in [-0.05, 0) is 30.0 Å². The van der Waals surface area contributed by atoms with Crippen LogP contribution in [0.1, 0.15) is 28.9 Å². The molecule has 1 aliphatic rings. The highest BCUT2D eigenvalue weighted by Gasteiger charge is 2.24. The summed E-state index contributed by atoms with van der Waals surface area (Å²) in [6, 6.07) is 12.4. The molecule has 0 fully saturated rings. The molecule has 1 aromatic carbocycles. The Hall–Kier alpha value is -1.87. The van der Waals surface area contributed by atoms with E-state index in [0.29, 0.717) is 13.0 Å². The van der Waals surface area contributed by atoms with Crippen molar-refractivity contribution >= 4 is 5.78 Å². The van der Waals surface area contributed by atoms with Gasteiger partial charge in [0.15, 0.2) is 5.78 Å². The molecule has 20 heavy (non-hydrogen) atoms. The van der Waals surface area contributed by atoms with Crippen LogP contribution in [0.2, 0.25) is 0 Å². The molecule has 0 unspecified atom stereocenters. The summed E-state index contributed by atoms with van der Waals surface area (Å²) in [6.07, 6.45) is 2.63. The highest BCUT2D eigenvalue weighted by atomic mass is 16.5. The minimum absolute atomic E-state index is 0.268. The summed E-state index contributed by atoms with van der Waals surface area (Å²) in [5.41, 5.74) is 4.37. The number of ether oxygens (including phenoxy) is 1. The van der Waals surface area contributed by atoms with Gasteiger partial charge in [0.25, 0.3) is 0 Å². The number of benzene rings is 1. The van der Waals surface area contributed by atoms with Crippen molar-refractivity contribution in [2.45, 2.75) is 25.8 Å². The number of methoxy groups -OCH3 is 1. The molecule has 0 aliphatic heterocycles. The van der Waals surface area contributed by atoms with E-state index in [1.807, 2.05) is 18.2 Å². The third-order valence-corrected chi connectivity index (χ3v) is 3.88. The molecule has 3 nitrogen and oxygen atoms in total. The van der Waals surface area contributed by atoms with E-state index >= 15 is 0 Å². The summed E-state index contributed by atoms with van der Waals surface area (Å²) >= 11 is 0. The first-order valence-corrected chi connectivity index (χ1v) is 7.11. The predicted molar refractivity (Wildman–Crippen MR) is 79.0 cm³/mol. The Morgan fingerprint density at radius 2 is 2.00 bits per heavy atom. The molecular formula is C17H19NO2. The summed E-state index contributed by atoms with van der Waals surface area (Å²) < 4.78 is 7.33. The summed E-state index contributed by atoms with van der Waals surface area (Å²) in [6.45, 7) is 1.34. The maximum atomic E-state index is 12.3. The number of ketones is 1. The van der Waals surface area contributed by atoms with Crippen LogP contribution < -0.4 is 0 Å². The average Bonchev–Trinajstić information content (AvgIpc) is 2.86. The Kier molecular flexibility index (Phi) is 3.70. The number of nitrogens with zero attached hydrogens (tertiary/aromatic N) is 1. The van der Waals surface area contributed by atoms with E-state index in [0.717, 1.165) is 36.3 Å². The average molecular weight is 269 g/mol. The minimum atomic E-state index is 0.268. The van der Waals surface area contributed by atoms with Crippen LogP contribution in [0.3, 0.4) is 0 Å². The molecule has 0 bridgehead atoms. The number of carbonyl (C=O) groups is 1. The summed E-state index contributed by atoms with van der Waals surface area (Å²) in [4.78, 5) is 12.3. The van der Waals surface area contributed by atoms with Crippen molar-refractivity contribution in [2.75, 3.05) is 13.7 Å². The Labute approximate surface area is 119 Å². The van der Waals surface area contributed by atoms with E-state index < -0.39 is 0 Å². The fourth-order valence-electron chi connectivity index (χ4n) is 2.95. The standard InChI is InChI=1S/C17H19NO2/c1-20-11-10-18-15(13-6-3-2-4-7-13)12-14-8-5-9-16(19)17(14)18/h2-4,6-7,12H,5,8-11H2,1H3. The molecule has 3 rings (SSSR count). The second-order valence-corrected chi connectivity index (χ2v) is 5.19. The molecule has 1 aliphatic carbocycles. The van der Waals surface area contributed by atoms with Gasteiger partial charge in [-0.2, -0.15) is 0 Å². The maximum absolute atomic E-state index is 12.3. The molecular weight excluding hydrogens is 250 g/mol. The third-order valence-electron chi connectivity index (χ3n) is 3.88. The summed E-state index contributed by atoms with van der Waals surface area (Å²) in [7, 11) is 1.69. The van der Waals surface area contributed by atoms with Gasteiger partial charge in [0, 0.05) is 25.8 Å². The zero-order valence-corrected chi connectivity index (χ0v) is 11.8. The number of aromatic nitrogens is 1. The lowest BCUT2D eigenvalue weighted by atomic mass is 9.97. The van der Waals surface area contributed by atoms with Crippen LogP contribution in [0.5, 0.6) is 0 Å². The van der Waals surface area contributed by atoms with Crippen LogP contribution in [-0.4, -0.2) is 24.1 Å². The first kappa shape index (κ1) is 13.1. The van der Waals surface area contributed by atoms with Crippen molar-refractivity contribution < 1.29 is 9.53 Å². The molecule has 0 saturated carbocycles. The highest BCUT2D eigenvalue weighted by Crippen LogP contribution is 2.31. The van der Waals surface area contributed by atoms with E-state index in [9.17, 15) is 4.79 Å². The van der Waals surface area contributed by atoms with Gasteiger partial charge in [0.1, 0.15) is 0 Å². The quantitative estimate of drug-likeness (QED) is 0.852. The first-order chi connectivity index (χ1) is 9.81. The minimum Gasteiger partial charge on any atom is -0.383 e. The van der Waals surface area contributed by atoms with Gasteiger partial charge >= 0.3 is 0 Å². The lowest BCUT2D eigenvalue weighted by Gasteiger charge is -2.16. The van der Waals surface area contributed by atoms with Crippen LogP contribution in [0.15, 0.2) is 36.4 Å². The van der Waals surface area contributed by atoms with Crippen LogP contribution >= 0.6 is 0 Å². The largest absolute Gasteiger partial charge is 0.383 e. The molecule has 2 aromatic rings. The third kappa shape index (κ3) is 2.29. The maximum Gasteiger partial charge on any atom is 0.179 e. The Balaban J connectivity index is 2.11. The van der Waals surface area contributed by atoms with E-state index in [1.54, 1.807) is 7.11 Å². The smallest absolute Gasteiger partial charge is 0.179 e. The lowest BCUT2D eigenvalue weighted by Crippen LogP contribution is -2.17. The Morgan fingerprint density at radius 3 is 2.75 bits per heavy atom. The van der Waals surface area contributed by atoms with Crippen LogP contribution in [0, 0.1) is 0 Å². The first-order valence-electron chi connectivity index (χ1n) is 7.11. The fourth-order valence-corrected chi connectivity index (χ4v) is 2.95. The second kappa shape index (κ2) is 5.63. The van der Waals surface area contributed by atoms with Crippen LogP contribution in [-0.2, 0) is 17.7 Å². The van der Waals surface area contributed by atoms with Crippen LogP contribution in [0.25, 0.3) is 11.3 Å². The van der Waals surface area contributed by atoms with Gasteiger partial charge in [-0.25, -0.2) is 0 Å². The van der Waals surface area contributed by atoms with Crippen LogP contribution in [0.4, 0.5) is 0 Å². The number of hydrogen-bond donors (Lipinski definition) is 0. The zero-order chi connectivity index (χ0) is 13.9. The van der Waals surface area contributed by atoms with Gasteiger partial charge in [-0.15, -0.1) is 0 Å². The number of carbonyl (C=O) groups excluding carboxylic acids is 1. The number of rotatable bonds is 4. The van der Waals surface area contributed by atoms with Crippen molar-refractivity contribution in [2.24, 2.45) is 0 Å². The van der Waals surface area contributed by atoms with E-state index in [2.05, 4.69) is 22.8 Å². The van der Waals surface area contributed by atoms with E-state index in [-0.39, 0.29) is 5.78 Å². The van der Waals surface area contributed by atoms with Gasteiger partial charge in [-0.1, -0.05) is 30.3 Å². The predicted octanol–water partition coefficient (Wildman–Crippen LogP) is 3.32. The molecule has 104 valence electrons. The molecule has 0 saturated heterocycles. The molecule has 1 heterocycles. The molecule has 0 N–H and O–H groups in total. The van der Waals surface area contributed by atoms with Crippen molar-refractivity contribution in [3.05, 3.63) is 47.7 Å². The highest BCUT2D eigenvalue weighted by molar-refractivity contribution is 5.98. The van der Waals surface area contributed by atoms with E-state index in [1.165, 1.54) is 5.56 Å². The normalized spacial score (nSPS) is 14.3. The van der Waals surface area contributed by atoms with Gasteiger partial charge in [0.2, 0.25) is 0 Å². The molecule has 1 aromatic heterocycles. The fraction of sp³-hybridized carbons (Fsp3) is 0.353. The van der Waals surface area contributed by atoms with Gasteiger partial charge in [0.05, 0.1) is 12.3 Å². The molecule has 3 heteroatoms. The monoisotopic (exact) mass is 269 g/mol. The van der Waals surface area contributed by atoms with Crippen molar-refractivity contribution in [3.8, 4) is 11.3 Å². The Morgan fingerprint density at radius 1 is 1.20 bits per heavy atom. The molecule has 0 spiro atoms. The molecule has 0 atom stereocenters. The molecule has 0 amide bonds. The zero-order valence-electron chi connectivity index (χ0n) is 11.8. The van der Waals surface area contributed by atoms with Crippen molar-refractivity contribution in [3.63, 3.8) is 0 Å². The summed E-state index contributed by atoms with van der Waals surface area (Å²) in [5, 5.41) is 0. The SMILES string of the molecule is COCCn1c(-c2ccccc2)cc2c1C(=O)CCC2. The van der Waals surface area contributed by atoms with Crippen molar-refractivity contribution in [1.29, 1.82) is 0 Å². The second-order valence-electron chi connectivity index (χ2n) is 5.19. The van der Waals surface area contributed by atoms with Gasteiger partial charge < -0.3 is 9.30 Å².